The van der Waals surface area contributed by atoms with E-state index in [1.807, 2.05) is 39.9 Å². The number of carbonyl (C=O) groups excluding carboxylic acids is 1. The number of piperidine rings is 1. The Morgan fingerprint density at radius 3 is 2.67 bits per heavy atom. The van der Waals surface area contributed by atoms with Crippen LogP contribution >= 0.6 is 11.8 Å². The summed E-state index contributed by atoms with van der Waals surface area (Å²) in [5.41, 5.74) is 1.01. The van der Waals surface area contributed by atoms with Gasteiger partial charge in [0, 0.05) is 31.2 Å². The number of amides is 1. The summed E-state index contributed by atoms with van der Waals surface area (Å²) in [6.07, 6.45) is 5.89. The zero-order valence-electron chi connectivity index (χ0n) is 14.1. The van der Waals surface area contributed by atoms with E-state index in [1.54, 1.807) is 13.3 Å². The topological polar surface area (TPSA) is 47.4 Å². The number of aromatic nitrogens is 2. The predicted molar refractivity (Wildman–Crippen MR) is 95.8 cm³/mol. The van der Waals surface area contributed by atoms with Crippen LogP contribution in [0.5, 0.6) is 5.75 Å². The molecule has 2 aromatic rings. The highest BCUT2D eigenvalue weighted by Gasteiger charge is 2.20. The van der Waals surface area contributed by atoms with Crippen molar-refractivity contribution in [3.8, 4) is 11.4 Å². The number of rotatable bonds is 5. The van der Waals surface area contributed by atoms with Gasteiger partial charge in [0.25, 0.3) is 0 Å². The first-order valence-corrected chi connectivity index (χ1v) is 9.24. The second-order valence-corrected chi connectivity index (χ2v) is 7.07. The normalized spacial score (nSPS) is 15.5. The largest absolute Gasteiger partial charge is 0.497 e. The molecule has 1 aliphatic rings. The van der Waals surface area contributed by atoms with E-state index in [0.717, 1.165) is 48.4 Å². The van der Waals surface area contributed by atoms with Gasteiger partial charge < -0.3 is 9.64 Å². The number of carbonyl (C=O) groups is 1. The Balaban J connectivity index is 1.62. The van der Waals surface area contributed by atoms with Gasteiger partial charge in [-0.2, -0.15) is 0 Å². The van der Waals surface area contributed by atoms with Crippen molar-refractivity contribution in [1.82, 2.24) is 14.5 Å². The smallest absolute Gasteiger partial charge is 0.233 e. The predicted octanol–water partition coefficient (Wildman–Crippen LogP) is 3.23. The van der Waals surface area contributed by atoms with Gasteiger partial charge in [0.05, 0.1) is 12.9 Å². The van der Waals surface area contributed by atoms with Gasteiger partial charge in [-0.15, -0.1) is 0 Å². The molecular weight excluding hydrogens is 322 g/mol. The van der Waals surface area contributed by atoms with Crippen molar-refractivity contribution in [2.45, 2.75) is 24.9 Å². The van der Waals surface area contributed by atoms with E-state index in [0.29, 0.717) is 5.75 Å². The molecule has 3 rings (SSSR count). The first-order valence-electron chi connectivity index (χ1n) is 8.25. The molecule has 1 aromatic heterocycles. The second-order valence-electron chi connectivity index (χ2n) is 6.13. The van der Waals surface area contributed by atoms with Crippen LogP contribution in [0.1, 0.15) is 19.8 Å². The van der Waals surface area contributed by atoms with Crippen molar-refractivity contribution >= 4 is 17.7 Å². The van der Waals surface area contributed by atoms with Gasteiger partial charge >= 0.3 is 0 Å². The standard InChI is InChI=1S/C18H23N3O2S/c1-14-7-10-20(11-8-14)17(22)13-24-18-19-9-12-21(18)15-3-5-16(23-2)6-4-15/h3-6,9,12,14H,7-8,10-11,13H2,1-2H3. The lowest BCUT2D eigenvalue weighted by Gasteiger charge is -2.30. The van der Waals surface area contributed by atoms with E-state index in [1.165, 1.54) is 11.8 Å². The van der Waals surface area contributed by atoms with E-state index in [2.05, 4.69) is 11.9 Å². The number of hydrogen-bond donors (Lipinski definition) is 0. The highest BCUT2D eigenvalue weighted by molar-refractivity contribution is 7.99. The molecule has 1 aliphatic heterocycles. The van der Waals surface area contributed by atoms with E-state index >= 15 is 0 Å². The molecule has 2 heterocycles. The van der Waals surface area contributed by atoms with Crippen LogP contribution in [0.25, 0.3) is 5.69 Å². The van der Waals surface area contributed by atoms with E-state index in [9.17, 15) is 4.79 Å². The minimum absolute atomic E-state index is 0.205. The average molecular weight is 345 g/mol. The molecule has 1 saturated heterocycles. The molecule has 0 bridgehead atoms. The molecule has 0 N–H and O–H groups in total. The molecular formula is C18H23N3O2S. The molecule has 1 fully saturated rings. The zero-order valence-corrected chi connectivity index (χ0v) is 15.0. The summed E-state index contributed by atoms with van der Waals surface area (Å²) in [6.45, 7) is 4.02. The highest BCUT2D eigenvalue weighted by atomic mass is 32.2. The van der Waals surface area contributed by atoms with E-state index in [-0.39, 0.29) is 5.91 Å². The third-order valence-electron chi connectivity index (χ3n) is 4.42. The fourth-order valence-electron chi connectivity index (χ4n) is 2.81. The Hall–Kier alpha value is -1.95. The molecule has 0 aliphatic carbocycles. The van der Waals surface area contributed by atoms with Crippen LogP contribution in [0.15, 0.2) is 41.8 Å². The monoisotopic (exact) mass is 345 g/mol. The molecule has 24 heavy (non-hydrogen) atoms. The van der Waals surface area contributed by atoms with Gasteiger partial charge in [0.15, 0.2) is 5.16 Å². The van der Waals surface area contributed by atoms with Crippen molar-refractivity contribution in [2.75, 3.05) is 26.0 Å². The number of ether oxygens (including phenoxy) is 1. The number of likely N-dealkylation sites (tertiary alicyclic amines) is 1. The van der Waals surface area contributed by atoms with Gasteiger partial charge in [-0.25, -0.2) is 4.98 Å². The molecule has 0 saturated carbocycles. The number of thioether (sulfide) groups is 1. The molecule has 6 heteroatoms. The maximum Gasteiger partial charge on any atom is 0.233 e. The van der Waals surface area contributed by atoms with Crippen LogP contribution in [0, 0.1) is 5.92 Å². The Kier molecular flexibility index (Phi) is 5.45. The summed E-state index contributed by atoms with van der Waals surface area (Å²) in [5.74, 6) is 2.19. The van der Waals surface area contributed by atoms with Crippen molar-refractivity contribution in [2.24, 2.45) is 5.92 Å². The van der Waals surface area contributed by atoms with E-state index in [4.69, 9.17) is 4.74 Å². The Labute approximate surface area is 147 Å². The van der Waals surface area contributed by atoms with E-state index < -0.39 is 0 Å². The van der Waals surface area contributed by atoms with Crippen LogP contribution < -0.4 is 4.74 Å². The highest BCUT2D eigenvalue weighted by Crippen LogP contribution is 2.23. The summed E-state index contributed by atoms with van der Waals surface area (Å²) in [6, 6.07) is 7.81. The molecule has 5 nitrogen and oxygen atoms in total. The van der Waals surface area contributed by atoms with Crippen LogP contribution in [0.4, 0.5) is 0 Å². The summed E-state index contributed by atoms with van der Waals surface area (Å²) in [5, 5.41) is 0.832. The lowest BCUT2D eigenvalue weighted by molar-refractivity contribution is -0.129. The van der Waals surface area contributed by atoms with Crippen LogP contribution in [-0.4, -0.2) is 46.3 Å². The lowest BCUT2D eigenvalue weighted by Crippen LogP contribution is -2.38. The lowest BCUT2D eigenvalue weighted by atomic mass is 9.99. The van der Waals surface area contributed by atoms with Gasteiger partial charge in [-0.1, -0.05) is 18.7 Å². The molecule has 0 radical (unpaired) electrons. The SMILES string of the molecule is COc1ccc(-n2ccnc2SCC(=O)N2CCC(C)CC2)cc1. The Morgan fingerprint density at radius 1 is 1.29 bits per heavy atom. The Morgan fingerprint density at radius 2 is 2.00 bits per heavy atom. The maximum atomic E-state index is 12.4. The summed E-state index contributed by atoms with van der Waals surface area (Å²) in [7, 11) is 1.65. The van der Waals surface area contributed by atoms with Gasteiger partial charge in [0.2, 0.25) is 5.91 Å². The fraction of sp³-hybridized carbons (Fsp3) is 0.444. The second kappa shape index (κ2) is 7.75. The summed E-state index contributed by atoms with van der Waals surface area (Å²) >= 11 is 1.49. The Bertz CT molecular complexity index is 676. The molecule has 1 aromatic carbocycles. The third-order valence-corrected chi connectivity index (χ3v) is 5.37. The third kappa shape index (κ3) is 3.93. The van der Waals surface area contributed by atoms with Crippen molar-refractivity contribution < 1.29 is 9.53 Å². The fourth-order valence-corrected chi connectivity index (χ4v) is 3.69. The average Bonchev–Trinajstić information content (AvgIpc) is 3.09. The minimum atomic E-state index is 0.205. The first-order chi connectivity index (χ1) is 11.7. The molecule has 0 spiro atoms. The van der Waals surface area contributed by atoms with Crippen molar-refractivity contribution in [1.29, 1.82) is 0 Å². The molecule has 128 valence electrons. The van der Waals surface area contributed by atoms with Gasteiger partial charge in [-0.05, 0) is 43.0 Å². The number of methoxy groups -OCH3 is 1. The first kappa shape index (κ1) is 16.9. The number of imidazole rings is 1. The molecule has 1 amide bonds. The molecule has 0 unspecified atom stereocenters. The number of hydrogen-bond acceptors (Lipinski definition) is 4. The van der Waals surface area contributed by atoms with Crippen LogP contribution in [0.2, 0.25) is 0 Å². The van der Waals surface area contributed by atoms with Crippen LogP contribution in [0.3, 0.4) is 0 Å². The van der Waals surface area contributed by atoms with Gasteiger partial charge in [0.1, 0.15) is 5.75 Å². The molecule has 0 atom stereocenters. The van der Waals surface area contributed by atoms with Crippen molar-refractivity contribution in [3.05, 3.63) is 36.7 Å². The quantitative estimate of drug-likeness (QED) is 0.781. The van der Waals surface area contributed by atoms with Crippen molar-refractivity contribution in [3.63, 3.8) is 0 Å². The summed E-state index contributed by atoms with van der Waals surface area (Å²) < 4.78 is 7.19. The van der Waals surface area contributed by atoms with Crippen LogP contribution in [-0.2, 0) is 4.79 Å². The number of benzene rings is 1. The van der Waals surface area contributed by atoms with Gasteiger partial charge in [-0.3, -0.25) is 9.36 Å². The zero-order chi connectivity index (χ0) is 16.9. The minimum Gasteiger partial charge on any atom is -0.497 e. The summed E-state index contributed by atoms with van der Waals surface area (Å²) in [4.78, 5) is 18.8. The number of nitrogens with zero attached hydrogens (tertiary/aromatic N) is 3. The maximum absolute atomic E-state index is 12.4.